The van der Waals surface area contributed by atoms with E-state index in [2.05, 4.69) is 15.6 Å². The molecule has 3 aromatic rings. The molecule has 0 saturated heterocycles. The zero-order chi connectivity index (χ0) is 28.5. The van der Waals surface area contributed by atoms with Crippen molar-refractivity contribution in [3.05, 3.63) is 95.6 Å². The summed E-state index contributed by atoms with van der Waals surface area (Å²) in [5.41, 5.74) is 15.8. The molecule has 1 aliphatic rings. The van der Waals surface area contributed by atoms with E-state index in [1.165, 1.54) is 0 Å². The lowest BCUT2D eigenvalue weighted by atomic mass is 9.98. The van der Waals surface area contributed by atoms with E-state index in [0.29, 0.717) is 6.42 Å². The molecule has 40 heavy (non-hydrogen) atoms. The summed E-state index contributed by atoms with van der Waals surface area (Å²) in [6, 6.07) is 22.9. The fraction of sp³-hybridized carbons (Fsp3) is 0.267. The van der Waals surface area contributed by atoms with Gasteiger partial charge in [0.1, 0.15) is 18.7 Å². The van der Waals surface area contributed by atoms with Crippen molar-refractivity contribution in [2.24, 2.45) is 16.5 Å². The van der Waals surface area contributed by atoms with Crippen LogP contribution in [0.5, 0.6) is 0 Å². The van der Waals surface area contributed by atoms with Crippen LogP contribution in [-0.4, -0.2) is 54.3 Å². The fourth-order valence-electron chi connectivity index (χ4n) is 4.87. The molecule has 0 aliphatic heterocycles. The number of carbonyl (C=O) groups excluding carboxylic acids is 2. The van der Waals surface area contributed by atoms with Crippen LogP contribution in [0.2, 0.25) is 0 Å². The third-order valence-electron chi connectivity index (χ3n) is 6.79. The van der Waals surface area contributed by atoms with Crippen molar-refractivity contribution in [2.75, 3.05) is 13.2 Å². The Hall–Kier alpha value is -4.86. The number of nitrogens with zero attached hydrogens (tertiary/aromatic N) is 1. The summed E-state index contributed by atoms with van der Waals surface area (Å²) in [5.74, 6) is -2.06. The van der Waals surface area contributed by atoms with Crippen molar-refractivity contribution in [3.8, 4) is 11.1 Å². The van der Waals surface area contributed by atoms with Crippen LogP contribution in [-0.2, 0) is 20.7 Å². The Balaban J connectivity index is 1.43. The largest absolute Gasteiger partial charge is 0.480 e. The Bertz CT molecular complexity index is 1330. The zero-order valence-corrected chi connectivity index (χ0v) is 22.0. The van der Waals surface area contributed by atoms with E-state index in [-0.39, 0.29) is 37.9 Å². The predicted molar refractivity (Wildman–Crippen MR) is 152 cm³/mol. The molecule has 0 heterocycles. The molecule has 4 rings (SSSR count). The van der Waals surface area contributed by atoms with Gasteiger partial charge in [-0.1, -0.05) is 78.9 Å². The van der Waals surface area contributed by atoms with Crippen LogP contribution in [0.15, 0.2) is 83.9 Å². The Morgan fingerprint density at radius 2 is 1.45 bits per heavy atom. The normalized spacial score (nSPS) is 13.3. The fourth-order valence-corrected chi connectivity index (χ4v) is 4.87. The van der Waals surface area contributed by atoms with Gasteiger partial charge in [0.05, 0.1) is 0 Å². The number of benzene rings is 3. The first-order valence-electron chi connectivity index (χ1n) is 13.1. The van der Waals surface area contributed by atoms with Gasteiger partial charge >= 0.3 is 12.1 Å². The molecular formula is C30H33N5O5. The first-order chi connectivity index (χ1) is 19.3. The number of aliphatic imine (C=N–C) groups is 1. The number of ether oxygens (including phenoxy) is 1. The Kier molecular flexibility index (Phi) is 9.35. The maximum absolute atomic E-state index is 13.2. The number of carbonyl (C=O) groups is 3. The van der Waals surface area contributed by atoms with E-state index in [0.717, 1.165) is 27.8 Å². The molecule has 0 unspecified atom stereocenters. The molecule has 0 bridgehead atoms. The van der Waals surface area contributed by atoms with E-state index < -0.39 is 30.1 Å². The lowest BCUT2D eigenvalue weighted by molar-refractivity contribution is -0.142. The number of nitrogens with one attached hydrogen (secondary N) is 2. The molecule has 0 saturated carbocycles. The molecule has 7 N–H and O–H groups in total. The molecule has 0 radical (unpaired) electrons. The van der Waals surface area contributed by atoms with Crippen LogP contribution >= 0.6 is 0 Å². The maximum atomic E-state index is 13.2. The summed E-state index contributed by atoms with van der Waals surface area (Å²) >= 11 is 0. The van der Waals surface area contributed by atoms with Gasteiger partial charge < -0.3 is 31.9 Å². The van der Waals surface area contributed by atoms with Crippen molar-refractivity contribution in [1.29, 1.82) is 0 Å². The predicted octanol–water partition coefficient (Wildman–Crippen LogP) is 2.76. The highest BCUT2D eigenvalue weighted by Crippen LogP contribution is 2.44. The Morgan fingerprint density at radius 3 is 2.05 bits per heavy atom. The van der Waals surface area contributed by atoms with E-state index in [4.69, 9.17) is 16.2 Å². The van der Waals surface area contributed by atoms with Crippen LogP contribution < -0.4 is 22.1 Å². The van der Waals surface area contributed by atoms with Crippen molar-refractivity contribution in [3.63, 3.8) is 0 Å². The standard InChI is InChI=1S/C30H33N5O5/c31-29(32)33-16-8-15-25(28(37)38)34-27(36)26(17-19-9-2-1-3-10-19)35-30(39)40-18-24-22-13-6-4-11-20(22)21-12-5-7-14-23(21)24/h1-7,9-14,24-26H,8,15-18H2,(H,34,36)(H,35,39)(H,37,38)(H4,31,32,33)/t25-,26+/m1/s1. The van der Waals surface area contributed by atoms with Gasteiger partial charge in [-0.2, -0.15) is 0 Å². The number of fused-ring (bicyclic) bond motifs is 3. The number of nitrogens with two attached hydrogens (primary N) is 2. The highest BCUT2D eigenvalue weighted by atomic mass is 16.5. The molecule has 0 fully saturated rings. The minimum atomic E-state index is -1.20. The topological polar surface area (TPSA) is 169 Å². The number of hydrogen-bond acceptors (Lipinski definition) is 5. The summed E-state index contributed by atoms with van der Waals surface area (Å²) in [6.45, 7) is 0.315. The first kappa shape index (κ1) is 28.2. The number of rotatable bonds is 12. The highest BCUT2D eigenvalue weighted by molar-refractivity contribution is 5.89. The van der Waals surface area contributed by atoms with Crippen molar-refractivity contribution in [1.82, 2.24) is 10.6 Å². The molecule has 10 heteroatoms. The van der Waals surface area contributed by atoms with Crippen LogP contribution in [0.25, 0.3) is 11.1 Å². The first-order valence-corrected chi connectivity index (χ1v) is 13.1. The van der Waals surface area contributed by atoms with Crippen molar-refractivity contribution >= 4 is 23.9 Å². The molecule has 10 nitrogen and oxygen atoms in total. The van der Waals surface area contributed by atoms with E-state index in [9.17, 15) is 19.5 Å². The van der Waals surface area contributed by atoms with Crippen LogP contribution in [0.1, 0.15) is 35.4 Å². The number of hydrogen-bond donors (Lipinski definition) is 5. The highest BCUT2D eigenvalue weighted by Gasteiger charge is 2.31. The molecule has 1 aliphatic carbocycles. The van der Waals surface area contributed by atoms with Gasteiger partial charge in [-0.25, -0.2) is 9.59 Å². The second-order valence-corrected chi connectivity index (χ2v) is 9.56. The maximum Gasteiger partial charge on any atom is 0.407 e. The van der Waals surface area contributed by atoms with Crippen molar-refractivity contribution in [2.45, 2.75) is 37.3 Å². The van der Waals surface area contributed by atoms with E-state index >= 15 is 0 Å². The lowest BCUT2D eigenvalue weighted by Crippen LogP contribution is -2.52. The number of carboxylic acid groups (broad SMARTS) is 1. The van der Waals surface area contributed by atoms with Gasteiger partial charge in [0.25, 0.3) is 0 Å². The number of aliphatic carboxylic acids is 1. The monoisotopic (exact) mass is 543 g/mol. The molecular weight excluding hydrogens is 510 g/mol. The third kappa shape index (κ3) is 7.16. The van der Waals surface area contributed by atoms with Gasteiger partial charge in [0.15, 0.2) is 5.96 Å². The number of alkyl carbamates (subject to hydrolysis) is 1. The number of carboxylic acids is 1. The Morgan fingerprint density at radius 1 is 0.850 bits per heavy atom. The van der Waals surface area contributed by atoms with Crippen LogP contribution in [0.4, 0.5) is 4.79 Å². The van der Waals surface area contributed by atoms with E-state index in [1.54, 1.807) is 0 Å². The van der Waals surface area contributed by atoms with Gasteiger partial charge in [0.2, 0.25) is 5.91 Å². The van der Waals surface area contributed by atoms with Gasteiger partial charge in [-0.05, 0) is 40.7 Å². The average Bonchev–Trinajstić information content (AvgIpc) is 3.27. The molecule has 0 spiro atoms. The number of amides is 2. The van der Waals surface area contributed by atoms with Crippen LogP contribution in [0, 0.1) is 0 Å². The third-order valence-corrected chi connectivity index (χ3v) is 6.79. The average molecular weight is 544 g/mol. The second-order valence-electron chi connectivity index (χ2n) is 9.56. The number of guanidine groups is 1. The van der Waals surface area contributed by atoms with E-state index in [1.807, 2.05) is 78.9 Å². The molecule has 0 aromatic heterocycles. The summed E-state index contributed by atoms with van der Waals surface area (Å²) in [5, 5.41) is 14.8. The minimum absolute atomic E-state index is 0.0854. The summed E-state index contributed by atoms with van der Waals surface area (Å²) in [4.78, 5) is 41.8. The lowest BCUT2D eigenvalue weighted by Gasteiger charge is -2.22. The molecule has 2 atom stereocenters. The van der Waals surface area contributed by atoms with Gasteiger partial charge in [0, 0.05) is 18.9 Å². The second kappa shape index (κ2) is 13.3. The van der Waals surface area contributed by atoms with Crippen molar-refractivity contribution < 1.29 is 24.2 Å². The Labute approximate surface area is 232 Å². The van der Waals surface area contributed by atoms with Gasteiger partial charge in [-0.3, -0.25) is 9.79 Å². The summed E-state index contributed by atoms with van der Waals surface area (Å²) in [7, 11) is 0. The summed E-state index contributed by atoms with van der Waals surface area (Å²) in [6.07, 6.45) is -0.159. The minimum Gasteiger partial charge on any atom is -0.480 e. The molecule has 208 valence electrons. The zero-order valence-electron chi connectivity index (χ0n) is 22.0. The summed E-state index contributed by atoms with van der Waals surface area (Å²) < 4.78 is 5.63. The quantitative estimate of drug-likeness (QED) is 0.133. The van der Waals surface area contributed by atoms with Gasteiger partial charge in [-0.15, -0.1) is 0 Å². The molecule has 3 aromatic carbocycles. The van der Waals surface area contributed by atoms with Crippen LogP contribution in [0.3, 0.4) is 0 Å². The SMILES string of the molecule is NC(N)=NCCC[C@@H](NC(=O)[C@H](Cc1ccccc1)NC(=O)OCC1c2ccccc2-c2ccccc21)C(=O)O. The molecule has 2 amide bonds. The smallest absolute Gasteiger partial charge is 0.407 e.